The van der Waals surface area contributed by atoms with Gasteiger partial charge in [-0.15, -0.1) is 0 Å². The second kappa shape index (κ2) is 9.42. The molecule has 3 aromatic carbocycles. The van der Waals surface area contributed by atoms with E-state index in [-0.39, 0.29) is 11.7 Å². The Morgan fingerprint density at radius 2 is 1.71 bits per heavy atom. The first-order valence-electron chi connectivity index (χ1n) is 11.4. The van der Waals surface area contributed by atoms with Crippen molar-refractivity contribution in [3.63, 3.8) is 0 Å². The minimum absolute atomic E-state index is 0.0879. The SMILES string of the molecule is CC(C)Oc1ccc(-c2noc(-c3ccc4c(=O)n(CCc5ccccc5)c(=O)[nH]c4c3)n2)cc1. The summed E-state index contributed by atoms with van der Waals surface area (Å²) in [5.74, 6) is 1.49. The summed E-state index contributed by atoms with van der Waals surface area (Å²) in [6, 6.07) is 22.3. The Labute approximate surface area is 200 Å². The van der Waals surface area contributed by atoms with Gasteiger partial charge in [0.25, 0.3) is 11.4 Å². The van der Waals surface area contributed by atoms with Crippen molar-refractivity contribution in [2.24, 2.45) is 0 Å². The van der Waals surface area contributed by atoms with Crippen LogP contribution < -0.4 is 16.0 Å². The van der Waals surface area contributed by atoms with Gasteiger partial charge in [0.2, 0.25) is 5.82 Å². The molecule has 0 saturated carbocycles. The first-order valence-corrected chi connectivity index (χ1v) is 11.4. The van der Waals surface area contributed by atoms with Crippen molar-refractivity contribution in [2.45, 2.75) is 32.9 Å². The molecule has 8 heteroatoms. The molecular formula is C27H24N4O4. The fraction of sp³-hybridized carbons (Fsp3) is 0.185. The highest BCUT2D eigenvalue weighted by Gasteiger charge is 2.14. The van der Waals surface area contributed by atoms with Gasteiger partial charge in [-0.25, -0.2) is 4.79 Å². The van der Waals surface area contributed by atoms with Crippen molar-refractivity contribution in [3.8, 4) is 28.6 Å². The van der Waals surface area contributed by atoms with Crippen LogP contribution in [0.15, 0.2) is 86.9 Å². The molecule has 5 rings (SSSR count). The number of nitrogens with one attached hydrogen (secondary N) is 1. The van der Waals surface area contributed by atoms with Gasteiger partial charge in [0.15, 0.2) is 0 Å². The van der Waals surface area contributed by atoms with E-state index in [9.17, 15) is 9.59 Å². The van der Waals surface area contributed by atoms with Crippen LogP contribution in [0.5, 0.6) is 5.75 Å². The molecule has 0 aliphatic heterocycles. The minimum Gasteiger partial charge on any atom is -0.491 e. The van der Waals surface area contributed by atoms with Crippen LogP contribution >= 0.6 is 0 Å². The molecule has 2 heterocycles. The van der Waals surface area contributed by atoms with Crippen LogP contribution in [0, 0.1) is 0 Å². The molecule has 0 radical (unpaired) electrons. The Morgan fingerprint density at radius 3 is 2.46 bits per heavy atom. The number of hydrogen-bond acceptors (Lipinski definition) is 6. The highest BCUT2D eigenvalue weighted by Crippen LogP contribution is 2.25. The number of nitrogens with zero attached hydrogens (tertiary/aromatic N) is 3. The van der Waals surface area contributed by atoms with Gasteiger partial charge in [0.1, 0.15) is 5.75 Å². The third kappa shape index (κ3) is 4.77. The Hall–Kier alpha value is -4.46. The summed E-state index contributed by atoms with van der Waals surface area (Å²) in [7, 11) is 0. The summed E-state index contributed by atoms with van der Waals surface area (Å²) >= 11 is 0. The Balaban J connectivity index is 1.41. The van der Waals surface area contributed by atoms with Gasteiger partial charge in [0, 0.05) is 17.7 Å². The van der Waals surface area contributed by atoms with Gasteiger partial charge in [-0.2, -0.15) is 4.98 Å². The van der Waals surface area contributed by atoms with Gasteiger partial charge in [-0.05, 0) is 68.3 Å². The molecule has 0 bridgehead atoms. The number of aryl methyl sites for hydroxylation is 1. The lowest BCUT2D eigenvalue weighted by atomic mass is 10.1. The Kier molecular flexibility index (Phi) is 6.01. The molecule has 2 aromatic heterocycles. The van der Waals surface area contributed by atoms with E-state index in [1.165, 1.54) is 4.57 Å². The minimum atomic E-state index is -0.453. The molecule has 0 saturated heterocycles. The summed E-state index contributed by atoms with van der Waals surface area (Å²) in [6.07, 6.45) is 0.674. The number of ether oxygens (including phenoxy) is 1. The maximum atomic E-state index is 13.0. The molecule has 5 aromatic rings. The van der Waals surface area contributed by atoms with Crippen LogP contribution in [-0.2, 0) is 13.0 Å². The van der Waals surface area contributed by atoms with Gasteiger partial charge in [-0.1, -0.05) is 35.5 Å². The lowest BCUT2D eigenvalue weighted by Crippen LogP contribution is -2.35. The van der Waals surface area contributed by atoms with Crippen LogP contribution in [0.1, 0.15) is 19.4 Å². The number of aromatic nitrogens is 4. The molecule has 35 heavy (non-hydrogen) atoms. The zero-order valence-electron chi connectivity index (χ0n) is 19.4. The third-order valence-corrected chi connectivity index (χ3v) is 5.61. The number of hydrogen-bond donors (Lipinski definition) is 1. The standard InChI is InChI=1S/C27H24N4O4/c1-17(2)34-21-11-8-19(9-12-21)24-29-25(35-30-24)20-10-13-22-23(16-20)28-27(33)31(26(22)32)15-14-18-6-4-3-5-7-18/h3-13,16-17H,14-15H2,1-2H3,(H,28,33). The van der Waals surface area contributed by atoms with Crippen molar-refractivity contribution in [1.82, 2.24) is 19.7 Å². The monoisotopic (exact) mass is 468 g/mol. The van der Waals surface area contributed by atoms with Crippen LogP contribution in [0.4, 0.5) is 0 Å². The summed E-state index contributed by atoms with van der Waals surface area (Å²) in [6.45, 7) is 4.23. The normalized spacial score (nSPS) is 11.3. The molecule has 176 valence electrons. The fourth-order valence-electron chi connectivity index (χ4n) is 3.89. The van der Waals surface area contributed by atoms with E-state index in [4.69, 9.17) is 9.26 Å². The number of benzene rings is 3. The van der Waals surface area contributed by atoms with Gasteiger partial charge < -0.3 is 14.2 Å². The number of rotatable bonds is 7. The van der Waals surface area contributed by atoms with Crippen LogP contribution in [0.2, 0.25) is 0 Å². The predicted octanol–water partition coefficient (Wildman–Crippen LogP) is 4.44. The average molecular weight is 469 g/mol. The van der Waals surface area contributed by atoms with E-state index < -0.39 is 5.69 Å². The lowest BCUT2D eigenvalue weighted by molar-refractivity contribution is 0.242. The van der Waals surface area contributed by atoms with Crippen LogP contribution in [0.25, 0.3) is 33.7 Å². The number of fused-ring (bicyclic) bond motifs is 1. The molecule has 0 amide bonds. The maximum absolute atomic E-state index is 13.0. The van der Waals surface area contributed by atoms with E-state index in [2.05, 4.69) is 15.1 Å². The highest BCUT2D eigenvalue weighted by molar-refractivity contribution is 5.82. The zero-order valence-corrected chi connectivity index (χ0v) is 19.4. The van der Waals surface area contributed by atoms with Gasteiger partial charge in [-0.3, -0.25) is 9.36 Å². The summed E-state index contributed by atoms with van der Waals surface area (Å²) in [5.41, 5.74) is 2.08. The molecule has 0 unspecified atom stereocenters. The predicted molar refractivity (Wildman–Crippen MR) is 133 cm³/mol. The largest absolute Gasteiger partial charge is 0.491 e. The third-order valence-electron chi connectivity index (χ3n) is 5.61. The average Bonchev–Trinajstić information content (AvgIpc) is 3.35. The summed E-state index contributed by atoms with van der Waals surface area (Å²) in [5, 5.41) is 4.49. The number of H-pyrrole nitrogens is 1. The Morgan fingerprint density at radius 1 is 0.971 bits per heavy atom. The lowest BCUT2D eigenvalue weighted by Gasteiger charge is -2.09. The highest BCUT2D eigenvalue weighted by atomic mass is 16.5. The van der Waals surface area contributed by atoms with Gasteiger partial charge in [0.05, 0.1) is 17.0 Å². The first kappa shape index (κ1) is 22.3. The smallest absolute Gasteiger partial charge is 0.328 e. The van der Waals surface area contributed by atoms with Crippen molar-refractivity contribution in [1.29, 1.82) is 0 Å². The molecular weight excluding hydrogens is 444 g/mol. The zero-order chi connectivity index (χ0) is 24.4. The van der Waals surface area contributed by atoms with Crippen LogP contribution in [-0.4, -0.2) is 25.8 Å². The van der Waals surface area contributed by atoms with E-state index in [1.54, 1.807) is 18.2 Å². The van der Waals surface area contributed by atoms with Crippen molar-refractivity contribution < 1.29 is 9.26 Å². The Bertz CT molecular complexity index is 1580. The molecule has 1 N–H and O–H groups in total. The topological polar surface area (TPSA) is 103 Å². The fourth-order valence-corrected chi connectivity index (χ4v) is 3.89. The second-order valence-corrected chi connectivity index (χ2v) is 8.50. The molecule has 0 atom stereocenters. The molecule has 0 aliphatic rings. The van der Waals surface area contributed by atoms with Crippen molar-refractivity contribution in [3.05, 3.63) is 99.2 Å². The quantitative estimate of drug-likeness (QED) is 0.379. The maximum Gasteiger partial charge on any atom is 0.328 e. The summed E-state index contributed by atoms with van der Waals surface area (Å²) in [4.78, 5) is 32.9. The number of aromatic amines is 1. The van der Waals surface area contributed by atoms with E-state index in [0.717, 1.165) is 16.9 Å². The van der Waals surface area contributed by atoms with E-state index in [1.807, 2.05) is 68.4 Å². The molecule has 8 nitrogen and oxygen atoms in total. The van der Waals surface area contributed by atoms with Crippen molar-refractivity contribution in [2.75, 3.05) is 0 Å². The van der Waals surface area contributed by atoms with E-state index >= 15 is 0 Å². The van der Waals surface area contributed by atoms with Crippen molar-refractivity contribution >= 4 is 10.9 Å². The summed E-state index contributed by atoms with van der Waals surface area (Å²) < 4.78 is 12.3. The second-order valence-electron chi connectivity index (χ2n) is 8.50. The molecule has 0 aliphatic carbocycles. The molecule has 0 fully saturated rings. The van der Waals surface area contributed by atoms with Gasteiger partial charge >= 0.3 is 5.69 Å². The van der Waals surface area contributed by atoms with E-state index in [0.29, 0.717) is 41.1 Å². The molecule has 0 spiro atoms. The first-order chi connectivity index (χ1) is 17.0. The van der Waals surface area contributed by atoms with Crippen LogP contribution in [0.3, 0.4) is 0 Å².